The number of allylic oxidation sites excluding steroid dienone is 3. The molecule has 0 amide bonds. The third-order valence-electron chi connectivity index (χ3n) is 1.52. The van der Waals surface area contributed by atoms with Crippen LogP contribution < -0.4 is 0 Å². The molecule has 0 heterocycles. The predicted molar refractivity (Wildman–Crippen MR) is 46.9 cm³/mol. The van der Waals surface area contributed by atoms with Gasteiger partial charge in [-0.05, 0) is 24.5 Å². The van der Waals surface area contributed by atoms with Crippen LogP contribution in [0, 0.1) is 5.92 Å². The Kier molecular flexibility index (Phi) is 4.70. The molecule has 0 aliphatic rings. The highest BCUT2D eigenvalue weighted by molar-refractivity contribution is 5.15. The Hall–Kier alpha value is -0.740. The normalized spacial score (nSPS) is 14.1. The molecule has 0 N–H and O–H groups in total. The second kappa shape index (κ2) is 5.08. The lowest BCUT2D eigenvalue weighted by atomic mass is 10.1. The Bertz CT molecular complexity index is 157. The fraction of sp³-hybridized carbons (Fsp3) is 0.500. The first-order valence-corrected chi connectivity index (χ1v) is 3.75. The van der Waals surface area contributed by atoms with E-state index in [0.717, 1.165) is 0 Å². The van der Waals surface area contributed by atoms with Crippen LogP contribution in [-0.2, 0) is 0 Å². The monoisotopic (exact) mass is 136 g/mol. The van der Waals surface area contributed by atoms with E-state index in [1.165, 1.54) is 12.0 Å². The molecule has 0 heteroatoms. The lowest BCUT2D eigenvalue weighted by molar-refractivity contribution is 0.694. The second-order valence-corrected chi connectivity index (χ2v) is 2.64. The summed E-state index contributed by atoms with van der Waals surface area (Å²) in [6.45, 7) is 9.98. The van der Waals surface area contributed by atoms with Gasteiger partial charge in [-0.25, -0.2) is 0 Å². The first-order valence-electron chi connectivity index (χ1n) is 3.75. The van der Waals surface area contributed by atoms with Crippen molar-refractivity contribution in [1.29, 1.82) is 0 Å². The molecular weight excluding hydrogens is 120 g/mol. The predicted octanol–water partition coefficient (Wildman–Crippen LogP) is 3.32. The van der Waals surface area contributed by atoms with Crippen LogP contribution in [0.5, 0.6) is 0 Å². The fourth-order valence-electron chi connectivity index (χ4n) is 0.776. The Morgan fingerprint density at radius 3 is 2.70 bits per heavy atom. The zero-order valence-corrected chi connectivity index (χ0v) is 7.15. The third kappa shape index (κ3) is 4.17. The molecule has 0 aliphatic heterocycles. The minimum Gasteiger partial charge on any atom is -0.128 e. The van der Waals surface area contributed by atoms with Gasteiger partial charge in [0.1, 0.15) is 0 Å². The van der Waals surface area contributed by atoms with Crippen LogP contribution in [0.25, 0.3) is 0 Å². The number of hydrogen-bond donors (Lipinski definition) is 0. The van der Waals surface area contributed by atoms with E-state index in [0.29, 0.717) is 5.92 Å². The summed E-state index contributed by atoms with van der Waals surface area (Å²) in [6, 6.07) is 0. The van der Waals surface area contributed by atoms with Crippen molar-refractivity contribution in [3.05, 3.63) is 30.0 Å². The van der Waals surface area contributed by atoms with Gasteiger partial charge in [-0.2, -0.15) is 0 Å². The molecule has 0 aromatic rings. The number of hydrogen-bond acceptors (Lipinski definition) is 0. The molecule has 0 spiro atoms. The van der Waals surface area contributed by atoms with Gasteiger partial charge in [-0.15, -0.1) is 5.73 Å². The van der Waals surface area contributed by atoms with Gasteiger partial charge in [0.25, 0.3) is 0 Å². The maximum absolute atomic E-state index is 3.51. The van der Waals surface area contributed by atoms with E-state index in [9.17, 15) is 0 Å². The molecule has 0 aromatic heterocycles. The van der Waals surface area contributed by atoms with E-state index in [2.05, 4.69) is 39.2 Å². The van der Waals surface area contributed by atoms with Crippen molar-refractivity contribution < 1.29 is 0 Å². The first kappa shape index (κ1) is 9.26. The topological polar surface area (TPSA) is 0 Å². The fourth-order valence-corrected chi connectivity index (χ4v) is 0.776. The van der Waals surface area contributed by atoms with Crippen molar-refractivity contribution in [3.8, 4) is 0 Å². The SMILES string of the molecule is C=C=CC(C)=CC(C)CC. The quantitative estimate of drug-likeness (QED) is 0.412. The molecule has 0 saturated heterocycles. The minimum atomic E-state index is 0.671. The summed E-state index contributed by atoms with van der Waals surface area (Å²) >= 11 is 0. The van der Waals surface area contributed by atoms with Crippen LogP contribution in [0.2, 0.25) is 0 Å². The average Bonchev–Trinajstić information content (AvgIpc) is 1.88. The molecule has 1 unspecified atom stereocenters. The van der Waals surface area contributed by atoms with E-state index in [4.69, 9.17) is 0 Å². The van der Waals surface area contributed by atoms with Crippen molar-refractivity contribution in [1.82, 2.24) is 0 Å². The van der Waals surface area contributed by atoms with Crippen LogP contribution in [-0.4, -0.2) is 0 Å². The van der Waals surface area contributed by atoms with E-state index in [1.54, 1.807) is 0 Å². The zero-order valence-electron chi connectivity index (χ0n) is 7.15. The van der Waals surface area contributed by atoms with Gasteiger partial charge in [0.2, 0.25) is 0 Å². The van der Waals surface area contributed by atoms with Gasteiger partial charge in [0.15, 0.2) is 0 Å². The van der Waals surface area contributed by atoms with E-state index in [-0.39, 0.29) is 0 Å². The molecule has 0 saturated carbocycles. The Balaban J connectivity index is 4.01. The number of rotatable bonds is 3. The Labute approximate surface area is 64.0 Å². The molecule has 0 aromatic carbocycles. The van der Waals surface area contributed by atoms with Crippen LogP contribution in [0.1, 0.15) is 27.2 Å². The minimum absolute atomic E-state index is 0.671. The largest absolute Gasteiger partial charge is 0.128 e. The lowest BCUT2D eigenvalue weighted by Gasteiger charge is -2.00. The summed E-state index contributed by atoms with van der Waals surface area (Å²) in [4.78, 5) is 0. The van der Waals surface area contributed by atoms with Gasteiger partial charge in [0, 0.05) is 0 Å². The average molecular weight is 136 g/mol. The summed E-state index contributed by atoms with van der Waals surface area (Å²) in [5.41, 5.74) is 4.01. The summed E-state index contributed by atoms with van der Waals surface area (Å²) in [6.07, 6.45) is 5.34. The summed E-state index contributed by atoms with van der Waals surface area (Å²) < 4.78 is 0. The van der Waals surface area contributed by atoms with Crippen LogP contribution in [0.4, 0.5) is 0 Å². The van der Waals surface area contributed by atoms with Crippen LogP contribution >= 0.6 is 0 Å². The van der Waals surface area contributed by atoms with Gasteiger partial charge >= 0.3 is 0 Å². The zero-order chi connectivity index (χ0) is 7.98. The van der Waals surface area contributed by atoms with Crippen molar-refractivity contribution in [2.75, 3.05) is 0 Å². The van der Waals surface area contributed by atoms with Gasteiger partial charge in [0.05, 0.1) is 0 Å². The van der Waals surface area contributed by atoms with Crippen molar-refractivity contribution >= 4 is 0 Å². The molecule has 0 aliphatic carbocycles. The molecule has 1 atom stereocenters. The molecule has 56 valence electrons. The molecule has 0 bridgehead atoms. The third-order valence-corrected chi connectivity index (χ3v) is 1.52. The van der Waals surface area contributed by atoms with Crippen LogP contribution in [0.3, 0.4) is 0 Å². The molecule has 0 nitrogen and oxygen atoms in total. The lowest BCUT2D eigenvalue weighted by Crippen LogP contribution is -1.85. The van der Waals surface area contributed by atoms with Crippen molar-refractivity contribution in [3.63, 3.8) is 0 Å². The summed E-state index contributed by atoms with van der Waals surface area (Å²) in [5.74, 6) is 0.671. The van der Waals surface area contributed by atoms with Gasteiger partial charge in [-0.1, -0.05) is 32.9 Å². The molecule has 0 fully saturated rings. The highest BCUT2D eigenvalue weighted by atomic mass is 14.0. The van der Waals surface area contributed by atoms with Crippen molar-refractivity contribution in [2.24, 2.45) is 5.92 Å². The standard InChI is InChI=1S/C10H16/c1-5-7-10(4)8-9(3)6-2/h7-9H,1,6H2,2-4H3. The van der Waals surface area contributed by atoms with E-state index >= 15 is 0 Å². The molecule has 0 radical (unpaired) electrons. The molecule has 0 rings (SSSR count). The van der Waals surface area contributed by atoms with E-state index < -0.39 is 0 Å². The first-order chi connectivity index (χ1) is 4.70. The smallest absolute Gasteiger partial charge is 0.0180 e. The van der Waals surface area contributed by atoms with E-state index in [1.807, 2.05) is 6.08 Å². The second-order valence-electron chi connectivity index (χ2n) is 2.64. The summed E-state index contributed by atoms with van der Waals surface area (Å²) in [5, 5.41) is 0. The molecular formula is C10H16. The van der Waals surface area contributed by atoms with Crippen LogP contribution in [0.15, 0.2) is 30.0 Å². The van der Waals surface area contributed by atoms with Crippen molar-refractivity contribution in [2.45, 2.75) is 27.2 Å². The Morgan fingerprint density at radius 2 is 2.30 bits per heavy atom. The highest BCUT2D eigenvalue weighted by Crippen LogP contribution is 2.06. The maximum atomic E-state index is 3.51. The highest BCUT2D eigenvalue weighted by Gasteiger charge is 1.91. The van der Waals surface area contributed by atoms with Gasteiger partial charge in [-0.3, -0.25) is 0 Å². The Morgan fingerprint density at radius 1 is 1.70 bits per heavy atom. The molecule has 10 heavy (non-hydrogen) atoms. The van der Waals surface area contributed by atoms with Gasteiger partial charge < -0.3 is 0 Å². The summed E-state index contributed by atoms with van der Waals surface area (Å²) in [7, 11) is 0. The maximum Gasteiger partial charge on any atom is -0.0180 e.